The normalized spacial score (nSPS) is 9.91. The molecule has 7 heteroatoms. The molecule has 0 fully saturated rings. The third-order valence-electron chi connectivity index (χ3n) is 2.78. The van der Waals surface area contributed by atoms with Gasteiger partial charge in [0.2, 0.25) is 0 Å². The van der Waals surface area contributed by atoms with Gasteiger partial charge in [0.15, 0.2) is 0 Å². The molecule has 0 aliphatic heterocycles. The average Bonchev–Trinajstić information content (AvgIpc) is 2.49. The van der Waals surface area contributed by atoms with Crippen LogP contribution in [0, 0.1) is 10.7 Å². The highest BCUT2D eigenvalue weighted by molar-refractivity contribution is 8.03. The first-order valence-electron chi connectivity index (χ1n) is 6.32. The smallest absolute Gasteiger partial charge is 0.255 e. The van der Waals surface area contributed by atoms with Crippen LogP contribution in [-0.4, -0.2) is 25.0 Å². The average molecular weight is 333 g/mol. The van der Waals surface area contributed by atoms with Crippen LogP contribution >= 0.6 is 23.4 Å². The first kappa shape index (κ1) is 16.1. The van der Waals surface area contributed by atoms with Crippen molar-refractivity contribution in [1.82, 2.24) is 4.98 Å². The first-order valence-corrected chi connectivity index (χ1v) is 7.51. The Hall–Kier alpha value is -2.23. The van der Waals surface area contributed by atoms with Crippen molar-refractivity contribution in [2.75, 3.05) is 24.3 Å². The molecule has 1 aromatic heterocycles. The zero-order valence-corrected chi connectivity index (χ0v) is 13.6. The monoisotopic (exact) mass is 332 g/mol. The number of thiocyanates is 1. The summed E-state index contributed by atoms with van der Waals surface area (Å²) in [6.45, 7) is 0. The molecule has 0 aliphatic rings. The molecule has 0 unspecified atom stereocenters. The lowest BCUT2D eigenvalue weighted by molar-refractivity contribution is 0.102. The van der Waals surface area contributed by atoms with E-state index in [1.54, 1.807) is 35.2 Å². The van der Waals surface area contributed by atoms with E-state index in [9.17, 15) is 4.79 Å². The van der Waals surface area contributed by atoms with Crippen molar-refractivity contribution >= 4 is 40.8 Å². The Morgan fingerprint density at radius 3 is 2.59 bits per heavy atom. The van der Waals surface area contributed by atoms with Gasteiger partial charge in [-0.15, -0.1) is 0 Å². The highest BCUT2D eigenvalue weighted by atomic mass is 35.5. The third-order valence-corrected chi connectivity index (χ3v) is 3.57. The van der Waals surface area contributed by atoms with Gasteiger partial charge in [0.05, 0.1) is 0 Å². The third kappa shape index (κ3) is 4.13. The lowest BCUT2D eigenvalue weighted by atomic mass is 10.2. The van der Waals surface area contributed by atoms with Crippen molar-refractivity contribution < 1.29 is 4.79 Å². The summed E-state index contributed by atoms with van der Waals surface area (Å²) in [7, 11) is 3.65. The number of nitrogens with one attached hydrogen (secondary N) is 1. The van der Waals surface area contributed by atoms with E-state index >= 15 is 0 Å². The summed E-state index contributed by atoms with van der Waals surface area (Å²) >= 11 is 7.01. The van der Waals surface area contributed by atoms with Gasteiger partial charge in [-0.25, -0.2) is 4.98 Å². The summed E-state index contributed by atoms with van der Waals surface area (Å²) in [5.41, 5.74) is 1.07. The molecule has 1 N–H and O–H groups in total. The standard InChI is InChI=1S/C15H13ClN4OS/c1-20(2)14-8-10(7-13(16)19-14)15(21)18-11-3-5-12(6-4-11)22-9-17/h3-8H,1-2H3,(H,18,21). The first-order chi connectivity index (χ1) is 10.5. The van der Waals surface area contributed by atoms with E-state index in [0.717, 1.165) is 16.7 Å². The molecular weight excluding hydrogens is 320 g/mol. The molecule has 0 radical (unpaired) electrons. The number of halogens is 1. The molecule has 2 aromatic rings. The summed E-state index contributed by atoms with van der Waals surface area (Å²) in [5.74, 6) is 0.339. The number of aromatic nitrogens is 1. The van der Waals surface area contributed by atoms with Crippen LogP contribution in [0.5, 0.6) is 0 Å². The number of carbonyl (C=O) groups is 1. The molecule has 0 spiro atoms. The van der Waals surface area contributed by atoms with Crippen LogP contribution in [0.25, 0.3) is 0 Å². The number of nitriles is 1. The second-order valence-electron chi connectivity index (χ2n) is 4.60. The maximum absolute atomic E-state index is 12.3. The van der Waals surface area contributed by atoms with Gasteiger partial charge in [-0.05, 0) is 48.2 Å². The molecule has 0 aliphatic carbocycles. The number of thioether (sulfide) groups is 1. The van der Waals surface area contributed by atoms with E-state index in [1.807, 2.05) is 19.5 Å². The fourth-order valence-electron chi connectivity index (χ4n) is 1.71. The fraction of sp³-hybridized carbons (Fsp3) is 0.133. The predicted molar refractivity (Wildman–Crippen MR) is 89.4 cm³/mol. The molecule has 1 aromatic carbocycles. The molecular formula is C15H13ClN4OS. The van der Waals surface area contributed by atoms with Crippen LogP contribution in [0.1, 0.15) is 10.4 Å². The number of rotatable bonds is 4. The van der Waals surface area contributed by atoms with Gasteiger partial charge in [-0.1, -0.05) is 11.6 Å². The van der Waals surface area contributed by atoms with Crippen molar-refractivity contribution in [1.29, 1.82) is 5.26 Å². The lowest BCUT2D eigenvalue weighted by Crippen LogP contribution is -2.15. The predicted octanol–water partition coefficient (Wildman–Crippen LogP) is 3.63. The fourth-order valence-corrected chi connectivity index (χ4v) is 2.29. The Labute approximate surface area is 137 Å². The highest BCUT2D eigenvalue weighted by Gasteiger charge is 2.11. The Bertz CT molecular complexity index is 725. The van der Waals surface area contributed by atoms with E-state index in [1.165, 1.54) is 6.07 Å². The molecule has 1 amide bonds. The Morgan fingerprint density at radius 2 is 2.00 bits per heavy atom. The van der Waals surface area contributed by atoms with Crippen molar-refractivity contribution in [3.63, 3.8) is 0 Å². The quantitative estimate of drug-likeness (QED) is 0.526. The minimum atomic E-state index is -0.270. The minimum Gasteiger partial charge on any atom is -0.363 e. The lowest BCUT2D eigenvalue weighted by Gasteiger charge is -2.13. The van der Waals surface area contributed by atoms with Gasteiger partial charge < -0.3 is 10.2 Å². The Balaban J connectivity index is 2.17. The Morgan fingerprint density at radius 1 is 1.32 bits per heavy atom. The van der Waals surface area contributed by atoms with Gasteiger partial charge in [0.25, 0.3) is 5.91 Å². The summed E-state index contributed by atoms with van der Waals surface area (Å²) < 4.78 is 0. The minimum absolute atomic E-state index is 0.261. The molecule has 1 heterocycles. The second-order valence-corrected chi connectivity index (χ2v) is 5.85. The van der Waals surface area contributed by atoms with Crippen molar-refractivity contribution in [3.8, 4) is 5.40 Å². The molecule has 22 heavy (non-hydrogen) atoms. The van der Waals surface area contributed by atoms with E-state index in [2.05, 4.69) is 10.3 Å². The molecule has 0 bridgehead atoms. The van der Waals surface area contributed by atoms with Gasteiger partial charge in [-0.2, -0.15) is 5.26 Å². The number of pyridine rings is 1. The van der Waals surface area contributed by atoms with Crippen LogP contribution in [-0.2, 0) is 0 Å². The molecule has 0 saturated heterocycles. The number of benzene rings is 1. The van der Waals surface area contributed by atoms with Crippen LogP contribution in [0.3, 0.4) is 0 Å². The highest BCUT2D eigenvalue weighted by Crippen LogP contribution is 2.21. The largest absolute Gasteiger partial charge is 0.363 e. The van der Waals surface area contributed by atoms with Crippen molar-refractivity contribution in [3.05, 3.63) is 47.1 Å². The van der Waals surface area contributed by atoms with E-state index in [4.69, 9.17) is 16.9 Å². The Kier molecular flexibility index (Phi) is 5.26. The van der Waals surface area contributed by atoms with Gasteiger partial charge in [0, 0.05) is 30.2 Å². The second kappa shape index (κ2) is 7.16. The SMILES string of the molecule is CN(C)c1cc(C(=O)Nc2ccc(SC#N)cc2)cc(Cl)n1. The molecule has 0 saturated carbocycles. The zero-order chi connectivity index (χ0) is 16.1. The van der Waals surface area contributed by atoms with Crippen LogP contribution in [0.2, 0.25) is 5.15 Å². The van der Waals surface area contributed by atoms with Crippen LogP contribution < -0.4 is 10.2 Å². The van der Waals surface area contributed by atoms with Gasteiger partial charge >= 0.3 is 0 Å². The van der Waals surface area contributed by atoms with Gasteiger partial charge in [0.1, 0.15) is 16.4 Å². The summed E-state index contributed by atoms with van der Waals surface area (Å²) in [5, 5.41) is 13.6. The van der Waals surface area contributed by atoms with E-state index < -0.39 is 0 Å². The van der Waals surface area contributed by atoms with E-state index in [-0.39, 0.29) is 11.1 Å². The number of amides is 1. The topological polar surface area (TPSA) is 69.0 Å². The maximum atomic E-state index is 12.3. The van der Waals surface area contributed by atoms with E-state index in [0.29, 0.717) is 17.1 Å². The molecule has 0 atom stereocenters. The molecule has 5 nitrogen and oxygen atoms in total. The molecule has 112 valence electrons. The summed E-state index contributed by atoms with van der Waals surface area (Å²) in [4.78, 5) is 19.0. The molecule has 2 rings (SSSR count). The van der Waals surface area contributed by atoms with Crippen LogP contribution in [0.4, 0.5) is 11.5 Å². The van der Waals surface area contributed by atoms with Crippen molar-refractivity contribution in [2.45, 2.75) is 4.90 Å². The van der Waals surface area contributed by atoms with Crippen LogP contribution in [0.15, 0.2) is 41.3 Å². The number of hydrogen-bond acceptors (Lipinski definition) is 5. The number of carbonyl (C=O) groups excluding carboxylic acids is 1. The summed E-state index contributed by atoms with van der Waals surface area (Å²) in [6.07, 6.45) is 0. The zero-order valence-electron chi connectivity index (χ0n) is 12.0. The number of hydrogen-bond donors (Lipinski definition) is 1. The van der Waals surface area contributed by atoms with Crippen molar-refractivity contribution in [2.24, 2.45) is 0 Å². The summed E-state index contributed by atoms with van der Waals surface area (Å²) in [6, 6.07) is 10.2. The van der Waals surface area contributed by atoms with Gasteiger partial charge in [-0.3, -0.25) is 4.79 Å². The number of anilines is 2. The number of nitrogens with zero attached hydrogens (tertiary/aromatic N) is 3. The maximum Gasteiger partial charge on any atom is 0.255 e.